The highest BCUT2D eigenvalue weighted by atomic mass is 16.2. The second-order valence-corrected chi connectivity index (χ2v) is 5.54. The van der Waals surface area contributed by atoms with E-state index in [-0.39, 0.29) is 11.9 Å². The van der Waals surface area contributed by atoms with E-state index in [1.165, 1.54) is 0 Å². The molecule has 0 saturated carbocycles. The summed E-state index contributed by atoms with van der Waals surface area (Å²) < 4.78 is 0. The van der Waals surface area contributed by atoms with Crippen LogP contribution >= 0.6 is 0 Å². The number of nitrogens with one attached hydrogen (secondary N) is 2. The molecule has 6 nitrogen and oxygen atoms in total. The molecule has 2 heterocycles. The van der Waals surface area contributed by atoms with Gasteiger partial charge in [0.05, 0.1) is 23.8 Å². The monoisotopic (exact) mass is 279 g/mol. The predicted molar refractivity (Wildman–Crippen MR) is 78.3 cm³/mol. The van der Waals surface area contributed by atoms with E-state index in [1.807, 2.05) is 11.8 Å². The SMILES string of the molecule is CCN(CCCN(C)C)C(=O)C1Cc2nc[nH]c2CN1. The van der Waals surface area contributed by atoms with Gasteiger partial charge in [0.1, 0.15) is 0 Å². The number of likely N-dealkylation sites (N-methyl/N-ethyl adjacent to an activating group) is 1. The van der Waals surface area contributed by atoms with E-state index in [0.29, 0.717) is 13.0 Å². The van der Waals surface area contributed by atoms with Crippen molar-refractivity contribution in [1.29, 1.82) is 0 Å². The molecule has 0 spiro atoms. The van der Waals surface area contributed by atoms with Crippen LogP contribution in [-0.4, -0.2) is 65.4 Å². The fourth-order valence-electron chi connectivity index (χ4n) is 2.57. The molecule has 1 aromatic heterocycles. The van der Waals surface area contributed by atoms with Gasteiger partial charge in [-0.25, -0.2) is 4.98 Å². The van der Waals surface area contributed by atoms with E-state index >= 15 is 0 Å². The second kappa shape index (κ2) is 6.85. The Morgan fingerprint density at radius 2 is 2.25 bits per heavy atom. The molecule has 0 saturated heterocycles. The number of rotatable bonds is 6. The number of fused-ring (bicyclic) bond motifs is 1. The molecule has 1 atom stereocenters. The Hall–Kier alpha value is -1.40. The summed E-state index contributed by atoms with van der Waals surface area (Å²) in [7, 11) is 4.11. The van der Waals surface area contributed by atoms with Gasteiger partial charge in [0, 0.05) is 26.1 Å². The highest BCUT2D eigenvalue weighted by Crippen LogP contribution is 2.14. The largest absolute Gasteiger partial charge is 0.347 e. The van der Waals surface area contributed by atoms with E-state index in [9.17, 15) is 4.79 Å². The minimum absolute atomic E-state index is 0.134. The highest BCUT2D eigenvalue weighted by molar-refractivity contribution is 5.82. The van der Waals surface area contributed by atoms with Crippen molar-refractivity contribution in [3.8, 4) is 0 Å². The lowest BCUT2D eigenvalue weighted by Crippen LogP contribution is -2.49. The third-order valence-corrected chi connectivity index (χ3v) is 3.76. The molecule has 0 aromatic carbocycles. The number of amides is 1. The zero-order valence-electron chi connectivity index (χ0n) is 12.6. The molecule has 0 aliphatic carbocycles. The van der Waals surface area contributed by atoms with Crippen molar-refractivity contribution >= 4 is 5.91 Å². The fraction of sp³-hybridized carbons (Fsp3) is 0.714. The Bertz CT molecular complexity index is 443. The first-order valence-electron chi connectivity index (χ1n) is 7.29. The first-order valence-corrected chi connectivity index (χ1v) is 7.29. The van der Waals surface area contributed by atoms with Crippen LogP contribution in [0.5, 0.6) is 0 Å². The van der Waals surface area contributed by atoms with Crippen molar-refractivity contribution in [3.05, 3.63) is 17.7 Å². The predicted octanol–water partition coefficient (Wildman–Crippen LogP) is 0.224. The third-order valence-electron chi connectivity index (χ3n) is 3.76. The van der Waals surface area contributed by atoms with Crippen molar-refractivity contribution in [2.24, 2.45) is 0 Å². The number of nitrogens with zero attached hydrogens (tertiary/aromatic N) is 3. The summed E-state index contributed by atoms with van der Waals surface area (Å²) in [5.74, 6) is 0.194. The van der Waals surface area contributed by atoms with Crippen LogP contribution in [0.15, 0.2) is 6.33 Å². The molecule has 0 bridgehead atoms. The van der Waals surface area contributed by atoms with Crippen LogP contribution in [0.3, 0.4) is 0 Å². The Labute approximate surface area is 120 Å². The Kier molecular flexibility index (Phi) is 5.14. The van der Waals surface area contributed by atoms with E-state index in [2.05, 4.69) is 34.3 Å². The molecule has 2 N–H and O–H groups in total. The molecule has 1 amide bonds. The molecule has 6 heteroatoms. The van der Waals surface area contributed by atoms with Gasteiger partial charge in [-0.3, -0.25) is 10.1 Å². The van der Waals surface area contributed by atoms with E-state index in [4.69, 9.17) is 0 Å². The third kappa shape index (κ3) is 3.58. The van der Waals surface area contributed by atoms with Crippen LogP contribution in [0.1, 0.15) is 24.7 Å². The lowest BCUT2D eigenvalue weighted by atomic mass is 10.0. The Balaban J connectivity index is 1.89. The lowest BCUT2D eigenvalue weighted by molar-refractivity contribution is -0.133. The van der Waals surface area contributed by atoms with Crippen LogP contribution < -0.4 is 5.32 Å². The second-order valence-electron chi connectivity index (χ2n) is 5.54. The summed E-state index contributed by atoms with van der Waals surface area (Å²) in [5.41, 5.74) is 2.12. The van der Waals surface area contributed by atoms with Gasteiger partial charge in [0.25, 0.3) is 0 Å². The topological polar surface area (TPSA) is 64.3 Å². The minimum atomic E-state index is -0.134. The van der Waals surface area contributed by atoms with E-state index in [0.717, 1.165) is 37.4 Å². The van der Waals surface area contributed by atoms with Crippen LogP contribution in [0.25, 0.3) is 0 Å². The van der Waals surface area contributed by atoms with Gasteiger partial charge in [0.15, 0.2) is 0 Å². The quantitative estimate of drug-likeness (QED) is 0.782. The molecule has 1 unspecified atom stereocenters. The van der Waals surface area contributed by atoms with Crippen molar-refractivity contribution in [1.82, 2.24) is 25.1 Å². The van der Waals surface area contributed by atoms with Gasteiger partial charge in [-0.05, 0) is 34.0 Å². The maximum atomic E-state index is 12.5. The summed E-state index contributed by atoms with van der Waals surface area (Å²) in [4.78, 5) is 24.0. The van der Waals surface area contributed by atoms with Crippen molar-refractivity contribution in [2.45, 2.75) is 32.4 Å². The number of carbonyl (C=O) groups is 1. The van der Waals surface area contributed by atoms with Gasteiger partial charge in [-0.1, -0.05) is 0 Å². The Morgan fingerprint density at radius 3 is 2.95 bits per heavy atom. The molecular formula is C14H25N5O. The summed E-state index contributed by atoms with van der Waals surface area (Å²) in [6.45, 7) is 5.32. The van der Waals surface area contributed by atoms with E-state index < -0.39 is 0 Å². The average molecular weight is 279 g/mol. The number of imidazole rings is 1. The van der Waals surface area contributed by atoms with Gasteiger partial charge < -0.3 is 14.8 Å². The first kappa shape index (κ1) is 15.0. The molecule has 20 heavy (non-hydrogen) atoms. The fourth-order valence-corrected chi connectivity index (χ4v) is 2.57. The van der Waals surface area contributed by atoms with Crippen LogP contribution in [-0.2, 0) is 17.8 Å². The highest BCUT2D eigenvalue weighted by Gasteiger charge is 2.28. The summed E-state index contributed by atoms with van der Waals surface area (Å²) in [6.07, 6.45) is 3.39. The zero-order valence-corrected chi connectivity index (χ0v) is 12.6. The smallest absolute Gasteiger partial charge is 0.240 e. The van der Waals surface area contributed by atoms with Crippen LogP contribution in [0.4, 0.5) is 0 Å². The van der Waals surface area contributed by atoms with Crippen molar-refractivity contribution < 1.29 is 4.79 Å². The molecule has 112 valence electrons. The van der Waals surface area contributed by atoms with Gasteiger partial charge in [-0.15, -0.1) is 0 Å². The first-order chi connectivity index (χ1) is 9.61. The van der Waals surface area contributed by atoms with E-state index in [1.54, 1.807) is 6.33 Å². The summed E-state index contributed by atoms with van der Waals surface area (Å²) >= 11 is 0. The van der Waals surface area contributed by atoms with Crippen molar-refractivity contribution in [2.75, 3.05) is 33.7 Å². The number of carbonyl (C=O) groups excluding carboxylic acids is 1. The standard InChI is InChI=1S/C14H25N5O/c1-4-19(7-5-6-18(2)3)14(20)12-8-11-13(9-15-12)17-10-16-11/h10,12,15H,4-9H2,1-3H3,(H,16,17). The molecular weight excluding hydrogens is 254 g/mol. The van der Waals surface area contributed by atoms with Gasteiger partial charge in [-0.2, -0.15) is 0 Å². The molecule has 1 aromatic rings. The maximum Gasteiger partial charge on any atom is 0.240 e. The maximum absolute atomic E-state index is 12.5. The summed E-state index contributed by atoms with van der Waals surface area (Å²) in [6, 6.07) is -0.134. The lowest BCUT2D eigenvalue weighted by Gasteiger charge is -2.29. The molecule has 1 aliphatic rings. The van der Waals surface area contributed by atoms with Gasteiger partial charge >= 0.3 is 0 Å². The number of aromatic amines is 1. The Morgan fingerprint density at radius 1 is 1.45 bits per heavy atom. The minimum Gasteiger partial charge on any atom is -0.347 e. The number of H-pyrrole nitrogens is 1. The number of aromatic nitrogens is 2. The number of hydrogen-bond acceptors (Lipinski definition) is 4. The van der Waals surface area contributed by atoms with Gasteiger partial charge in [0.2, 0.25) is 5.91 Å². The molecule has 0 radical (unpaired) electrons. The summed E-state index contributed by atoms with van der Waals surface area (Å²) in [5, 5.41) is 3.30. The molecule has 0 fully saturated rings. The van der Waals surface area contributed by atoms with Crippen LogP contribution in [0, 0.1) is 0 Å². The molecule has 1 aliphatic heterocycles. The average Bonchev–Trinajstić information content (AvgIpc) is 2.90. The van der Waals surface area contributed by atoms with Crippen LogP contribution in [0.2, 0.25) is 0 Å². The molecule has 2 rings (SSSR count). The normalized spacial score (nSPS) is 18.1. The zero-order chi connectivity index (χ0) is 14.5. The number of hydrogen-bond donors (Lipinski definition) is 2. The van der Waals surface area contributed by atoms with Crippen molar-refractivity contribution in [3.63, 3.8) is 0 Å².